The monoisotopic (exact) mass is 490 g/mol. The van der Waals surface area contributed by atoms with Crippen LogP contribution in [0.3, 0.4) is 0 Å². The molecular weight excluding hydrogens is 464 g/mol. The van der Waals surface area contributed by atoms with Crippen LogP contribution in [-0.2, 0) is 21.2 Å². The summed E-state index contributed by atoms with van der Waals surface area (Å²) in [5.41, 5.74) is 4.97. The summed E-state index contributed by atoms with van der Waals surface area (Å²) in [6.07, 6.45) is 1.63. The second kappa shape index (κ2) is 8.39. The van der Waals surface area contributed by atoms with Gasteiger partial charge in [-0.25, -0.2) is 8.42 Å². The molecule has 3 aromatic carbocycles. The molecule has 0 amide bonds. The van der Waals surface area contributed by atoms with Crippen molar-refractivity contribution in [1.82, 2.24) is 0 Å². The lowest BCUT2D eigenvalue weighted by Crippen LogP contribution is -2.29. The van der Waals surface area contributed by atoms with Crippen molar-refractivity contribution < 1.29 is 22.7 Å². The summed E-state index contributed by atoms with van der Waals surface area (Å²) in [7, 11) is -3.85. The van der Waals surface area contributed by atoms with Gasteiger partial charge in [-0.2, -0.15) is 0 Å². The number of ether oxygens (including phenoxy) is 2. The van der Waals surface area contributed by atoms with Crippen LogP contribution in [-0.4, -0.2) is 27.4 Å². The Labute approximate surface area is 204 Å². The molecule has 0 bridgehead atoms. The fourth-order valence-electron chi connectivity index (χ4n) is 5.36. The number of hydrogen-bond donors (Lipinski definition) is 2. The van der Waals surface area contributed by atoms with E-state index in [1.165, 1.54) is 18.1 Å². The Hall–Kier alpha value is -3.36. The van der Waals surface area contributed by atoms with E-state index in [9.17, 15) is 13.2 Å². The quantitative estimate of drug-likeness (QED) is 0.496. The fourth-order valence-corrected chi connectivity index (χ4v) is 6.45. The second-order valence-electron chi connectivity index (χ2n) is 9.32. The molecule has 0 radical (unpaired) electrons. The molecule has 1 fully saturated rings. The summed E-state index contributed by atoms with van der Waals surface area (Å²) in [5, 5.41) is 3.65. The minimum Gasteiger partial charge on any atom is -0.493 e. The van der Waals surface area contributed by atoms with Gasteiger partial charge >= 0.3 is 0 Å². The number of Topliss-reactive ketones (excluding diaryl/α,β-unsaturated/α-hetero) is 1. The molecule has 2 N–H and O–H groups in total. The summed E-state index contributed by atoms with van der Waals surface area (Å²) in [4.78, 5) is 11.8. The number of nitrogens with one attached hydrogen (secondary N) is 2. The largest absolute Gasteiger partial charge is 0.493 e. The summed E-state index contributed by atoms with van der Waals surface area (Å²) in [6.45, 7) is 2.80. The Morgan fingerprint density at radius 2 is 1.94 bits per heavy atom. The van der Waals surface area contributed by atoms with E-state index in [4.69, 9.17) is 9.47 Å². The molecule has 3 aliphatic rings. The number of carbonyl (C=O) groups is 1. The van der Waals surface area contributed by atoms with Crippen molar-refractivity contribution in [2.45, 2.75) is 36.8 Å². The molecule has 0 aliphatic carbocycles. The highest BCUT2D eigenvalue weighted by molar-refractivity contribution is 7.92. The number of ketones is 1. The average molecular weight is 491 g/mol. The van der Waals surface area contributed by atoms with Crippen LogP contribution in [0, 0.1) is 5.92 Å². The third-order valence-electron chi connectivity index (χ3n) is 7.11. The summed E-state index contributed by atoms with van der Waals surface area (Å²) in [6, 6.07) is 18.1. The van der Waals surface area contributed by atoms with E-state index in [0.717, 1.165) is 36.4 Å². The molecule has 35 heavy (non-hydrogen) atoms. The summed E-state index contributed by atoms with van der Waals surface area (Å²) < 4.78 is 40.8. The number of sulfonamides is 1. The highest BCUT2D eigenvalue weighted by Crippen LogP contribution is 2.50. The van der Waals surface area contributed by atoms with Gasteiger partial charge in [-0.3, -0.25) is 9.52 Å². The molecule has 0 aromatic heterocycles. The van der Waals surface area contributed by atoms with Gasteiger partial charge in [0.25, 0.3) is 10.0 Å². The number of carbonyl (C=O) groups excluding carboxylic acids is 1. The molecule has 3 heterocycles. The molecule has 7 nitrogen and oxygen atoms in total. The number of rotatable bonds is 5. The minimum absolute atomic E-state index is 0.0794. The van der Waals surface area contributed by atoms with Gasteiger partial charge in [0.15, 0.2) is 5.78 Å². The molecule has 8 heteroatoms. The number of anilines is 2. The Morgan fingerprint density at radius 1 is 1.06 bits per heavy atom. The maximum atomic E-state index is 13.2. The maximum absolute atomic E-state index is 13.2. The summed E-state index contributed by atoms with van der Waals surface area (Å²) >= 11 is 0. The highest BCUT2D eigenvalue weighted by Gasteiger charge is 2.42. The predicted molar refractivity (Wildman–Crippen MR) is 133 cm³/mol. The van der Waals surface area contributed by atoms with Crippen molar-refractivity contribution in [2.75, 3.05) is 23.3 Å². The molecule has 1 saturated heterocycles. The van der Waals surface area contributed by atoms with Crippen molar-refractivity contribution in [3.63, 3.8) is 0 Å². The molecular formula is C27H26N2O5S. The topological polar surface area (TPSA) is 93.7 Å². The van der Waals surface area contributed by atoms with Gasteiger partial charge in [0.05, 0.1) is 23.6 Å². The van der Waals surface area contributed by atoms with Gasteiger partial charge in [-0.15, -0.1) is 0 Å². The van der Waals surface area contributed by atoms with E-state index in [0.29, 0.717) is 17.9 Å². The van der Waals surface area contributed by atoms with Crippen LogP contribution in [0.4, 0.5) is 11.4 Å². The van der Waals surface area contributed by atoms with E-state index in [-0.39, 0.29) is 28.7 Å². The lowest BCUT2D eigenvalue weighted by atomic mass is 9.80. The van der Waals surface area contributed by atoms with Crippen LogP contribution in [0.1, 0.15) is 52.5 Å². The Kier molecular flexibility index (Phi) is 5.30. The van der Waals surface area contributed by atoms with Crippen LogP contribution in [0.5, 0.6) is 5.75 Å². The van der Waals surface area contributed by atoms with Gasteiger partial charge < -0.3 is 14.8 Å². The fraction of sp³-hybridized carbons (Fsp3) is 0.296. The van der Waals surface area contributed by atoms with Crippen molar-refractivity contribution >= 4 is 27.2 Å². The van der Waals surface area contributed by atoms with Crippen LogP contribution < -0.4 is 14.8 Å². The number of benzene rings is 3. The van der Waals surface area contributed by atoms with E-state index in [1.807, 2.05) is 12.1 Å². The smallest absolute Gasteiger partial charge is 0.261 e. The van der Waals surface area contributed by atoms with Crippen molar-refractivity contribution in [3.8, 4) is 5.75 Å². The highest BCUT2D eigenvalue weighted by atomic mass is 32.2. The average Bonchev–Trinajstić information content (AvgIpc) is 3.52. The lowest BCUT2D eigenvalue weighted by molar-refractivity contribution is 0.0827. The Balaban J connectivity index is 1.31. The molecule has 0 saturated carbocycles. The van der Waals surface area contributed by atoms with Gasteiger partial charge in [0.1, 0.15) is 5.75 Å². The normalized spacial score (nSPS) is 22.4. The van der Waals surface area contributed by atoms with Gasteiger partial charge in [0, 0.05) is 41.4 Å². The van der Waals surface area contributed by atoms with E-state index in [2.05, 4.69) is 22.2 Å². The van der Waals surface area contributed by atoms with E-state index >= 15 is 0 Å². The van der Waals surface area contributed by atoms with Gasteiger partial charge in [-0.1, -0.05) is 18.2 Å². The van der Waals surface area contributed by atoms with Crippen LogP contribution in [0.2, 0.25) is 0 Å². The number of hydrogen-bond acceptors (Lipinski definition) is 6. The first-order valence-electron chi connectivity index (χ1n) is 11.8. The molecule has 0 spiro atoms. The minimum atomic E-state index is -3.85. The van der Waals surface area contributed by atoms with Crippen LogP contribution >= 0.6 is 0 Å². The van der Waals surface area contributed by atoms with E-state index in [1.54, 1.807) is 36.4 Å². The predicted octanol–water partition coefficient (Wildman–Crippen LogP) is 4.87. The molecule has 3 atom stereocenters. The van der Waals surface area contributed by atoms with Crippen molar-refractivity contribution in [1.29, 1.82) is 0 Å². The first-order chi connectivity index (χ1) is 16.9. The Morgan fingerprint density at radius 3 is 2.80 bits per heavy atom. The van der Waals surface area contributed by atoms with Gasteiger partial charge in [-0.05, 0) is 66.9 Å². The zero-order chi connectivity index (χ0) is 24.2. The molecule has 180 valence electrons. The zero-order valence-corrected chi connectivity index (χ0v) is 20.1. The second-order valence-corrected chi connectivity index (χ2v) is 11.0. The van der Waals surface area contributed by atoms with Crippen molar-refractivity contribution in [2.24, 2.45) is 5.92 Å². The SMILES string of the molecule is CC(=O)c1cccc(NS(=O)(=O)c2ccc3c(c2)C2OCCC2C(c2ccc4c(c2)CCO4)N3)c1. The first kappa shape index (κ1) is 22.1. The van der Waals surface area contributed by atoms with Crippen molar-refractivity contribution in [3.05, 3.63) is 82.9 Å². The standard InChI is InChI=1S/C27H26N2O5S/c1-16(30)17-3-2-4-20(14-17)29-35(31,32)21-6-7-24-23(15-21)27-22(10-12-34-27)26(28-24)19-5-8-25-18(13-19)9-11-33-25/h2-8,13-15,22,26-29H,9-12H2,1H3. The maximum Gasteiger partial charge on any atom is 0.261 e. The van der Waals surface area contributed by atoms with E-state index < -0.39 is 10.0 Å². The molecule has 3 unspecified atom stereocenters. The lowest BCUT2D eigenvalue weighted by Gasteiger charge is -2.36. The van der Waals surface area contributed by atoms with Crippen LogP contribution in [0.15, 0.2) is 65.6 Å². The zero-order valence-electron chi connectivity index (χ0n) is 19.3. The molecule has 3 aliphatic heterocycles. The first-order valence-corrected chi connectivity index (χ1v) is 13.3. The third-order valence-corrected chi connectivity index (χ3v) is 8.49. The molecule has 6 rings (SSSR count). The number of fused-ring (bicyclic) bond motifs is 4. The third kappa shape index (κ3) is 3.96. The Bertz CT molecular complexity index is 1440. The molecule has 3 aromatic rings. The summed E-state index contributed by atoms with van der Waals surface area (Å²) in [5.74, 6) is 1.03. The van der Waals surface area contributed by atoms with Crippen LogP contribution in [0.25, 0.3) is 0 Å². The van der Waals surface area contributed by atoms with Gasteiger partial charge in [0.2, 0.25) is 0 Å².